The molecule has 1 N–H and O–H groups in total. The molecule has 0 spiro atoms. The maximum atomic E-state index is 3.73. The molecule has 1 aliphatic rings. The summed E-state index contributed by atoms with van der Waals surface area (Å²) in [7, 11) is 0. The first-order chi connectivity index (χ1) is 7.65. The van der Waals surface area contributed by atoms with Gasteiger partial charge in [-0.15, -0.1) is 0 Å². The van der Waals surface area contributed by atoms with Crippen molar-refractivity contribution in [3.05, 3.63) is 34.3 Å². The monoisotopic (exact) mass is 281 g/mol. The fourth-order valence-corrected chi connectivity index (χ4v) is 2.82. The third-order valence-electron chi connectivity index (χ3n) is 3.55. The fourth-order valence-electron chi connectivity index (χ4n) is 2.56. The zero-order valence-corrected chi connectivity index (χ0v) is 11.6. The van der Waals surface area contributed by atoms with E-state index in [9.17, 15) is 0 Å². The van der Waals surface area contributed by atoms with Gasteiger partial charge in [0.15, 0.2) is 0 Å². The summed E-state index contributed by atoms with van der Waals surface area (Å²) in [5.74, 6) is 0.898. The molecule has 0 saturated heterocycles. The normalized spacial score (nSPS) is 26.9. The molecular formula is C14H20BrN. The van der Waals surface area contributed by atoms with Crippen molar-refractivity contribution in [2.24, 2.45) is 5.92 Å². The SMILES string of the molecule is CC1CCC(N[C@H](C)c2ccc(Br)cc2)C1. The van der Waals surface area contributed by atoms with E-state index in [1.807, 2.05) is 0 Å². The number of hydrogen-bond acceptors (Lipinski definition) is 1. The van der Waals surface area contributed by atoms with Crippen LogP contribution in [-0.2, 0) is 0 Å². The molecule has 0 amide bonds. The third-order valence-corrected chi connectivity index (χ3v) is 4.08. The lowest BCUT2D eigenvalue weighted by molar-refractivity contribution is 0.449. The largest absolute Gasteiger partial charge is 0.307 e. The highest BCUT2D eigenvalue weighted by Crippen LogP contribution is 2.27. The first-order valence-corrected chi connectivity index (χ1v) is 6.96. The van der Waals surface area contributed by atoms with Gasteiger partial charge >= 0.3 is 0 Å². The smallest absolute Gasteiger partial charge is 0.0294 e. The summed E-state index contributed by atoms with van der Waals surface area (Å²) in [6.07, 6.45) is 4.05. The van der Waals surface area contributed by atoms with Gasteiger partial charge in [-0.05, 0) is 49.8 Å². The van der Waals surface area contributed by atoms with E-state index in [2.05, 4.69) is 59.4 Å². The third kappa shape index (κ3) is 3.08. The second kappa shape index (κ2) is 5.33. The van der Waals surface area contributed by atoms with Gasteiger partial charge in [-0.2, -0.15) is 0 Å². The average molecular weight is 282 g/mol. The Morgan fingerprint density at radius 1 is 1.25 bits per heavy atom. The lowest BCUT2D eigenvalue weighted by Gasteiger charge is -2.19. The van der Waals surface area contributed by atoms with E-state index < -0.39 is 0 Å². The van der Waals surface area contributed by atoms with E-state index in [1.165, 1.54) is 24.8 Å². The summed E-state index contributed by atoms with van der Waals surface area (Å²) in [4.78, 5) is 0. The Morgan fingerprint density at radius 2 is 1.94 bits per heavy atom. The summed E-state index contributed by atoms with van der Waals surface area (Å²) in [6.45, 7) is 4.61. The van der Waals surface area contributed by atoms with Crippen LogP contribution >= 0.6 is 15.9 Å². The molecule has 1 aromatic carbocycles. The van der Waals surface area contributed by atoms with Crippen molar-refractivity contribution in [3.8, 4) is 0 Å². The Labute approximate surface area is 107 Å². The zero-order valence-electron chi connectivity index (χ0n) is 10.0. The first-order valence-electron chi connectivity index (χ1n) is 6.16. The molecule has 0 aromatic heterocycles. The molecule has 3 atom stereocenters. The van der Waals surface area contributed by atoms with Crippen LogP contribution in [0.15, 0.2) is 28.7 Å². The van der Waals surface area contributed by atoms with Gasteiger partial charge in [-0.25, -0.2) is 0 Å². The van der Waals surface area contributed by atoms with Crippen LogP contribution in [0.5, 0.6) is 0 Å². The molecule has 0 aliphatic heterocycles. The van der Waals surface area contributed by atoms with Crippen LogP contribution in [0.4, 0.5) is 0 Å². The fraction of sp³-hybridized carbons (Fsp3) is 0.571. The van der Waals surface area contributed by atoms with E-state index >= 15 is 0 Å². The minimum absolute atomic E-state index is 0.461. The van der Waals surface area contributed by atoms with Crippen LogP contribution in [0.3, 0.4) is 0 Å². The van der Waals surface area contributed by atoms with E-state index in [0.29, 0.717) is 12.1 Å². The van der Waals surface area contributed by atoms with Gasteiger partial charge in [0.05, 0.1) is 0 Å². The van der Waals surface area contributed by atoms with Crippen molar-refractivity contribution in [1.82, 2.24) is 5.32 Å². The summed E-state index contributed by atoms with van der Waals surface area (Å²) < 4.78 is 1.15. The lowest BCUT2D eigenvalue weighted by Crippen LogP contribution is -2.29. The van der Waals surface area contributed by atoms with Crippen molar-refractivity contribution in [2.45, 2.75) is 45.2 Å². The highest BCUT2D eigenvalue weighted by molar-refractivity contribution is 9.10. The highest BCUT2D eigenvalue weighted by atomic mass is 79.9. The second-order valence-corrected chi connectivity index (χ2v) is 5.97. The Kier molecular flexibility index (Phi) is 4.04. The molecule has 2 unspecified atom stereocenters. The van der Waals surface area contributed by atoms with Gasteiger partial charge in [0, 0.05) is 16.6 Å². The minimum atomic E-state index is 0.461. The molecule has 0 heterocycles. The maximum Gasteiger partial charge on any atom is 0.0294 e. The topological polar surface area (TPSA) is 12.0 Å². The van der Waals surface area contributed by atoms with Crippen LogP contribution < -0.4 is 5.32 Å². The Hall–Kier alpha value is -0.340. The summed E-state index contributed by atoms with van der Waals surface area (Å²) in [5, 5.41) is 3.73. The minimum Gasteiger partial charge on any atom is -0.307 e. The molecule has 1 nitrogen and oxygen atoms in total. The molecule has 88 valence electrons. The highest BCUT2D eigenvalue weighted by Gasteiger charge is 2.22. The van der Waals surface area contributed by atoms with E-state index in [-0.39, 0.29) is 0 Å². The van der Waals surface area contributed by atoms with Crippen molar-refractivity contribution >= 4 is 15.9 Å². The van der Waals surface area contributed by atoms with Crippen LogP contribution in [0, 0.1) is 5.92 Å². The predicted molar refractivity (Wildman–Crippen MR) is 72.5 cm³/mol. The molecule has 0 bridgehead atoms. The predicted octanol–water partition coefficient (Wildman–Crippen LogP) is 4.29. The van der Waals surface area contributed by atoms with Crippen LogP contribution in [0.1, 0.15) is 44.7 Å². The molecular weight excluding hydrogens is 262 g/mol. The van der Waals surface area contributed by atoms with Gasteiger partial charge in [-0.3, -0.25) is 0 Å². The lowest BCUT2D eigenvalue weighted by atomic mass is 10.1. The van der Waals surface area contributed by atoms with Crippen molar-refractivity contribution in [2.75, 3.05) is 0 Å². The van der Waals surface area contributed by atoms with Crippen LogP contribution in [0.2, 0.25) is 0 Å². The number of benzene rings is 1. The van der Waals surface area contributed by atoms with Gasteiger partial charge in [0.25, 0.3) is 0 Å². The van der Waals surface area contributed by atoms with Crippen molar-refractivity contribution in [3.63, 3.8) is 0 Å². The van der Waals surface area contributed by atoms with Gasteiger partial charge in [0.2, 0.25) is 0 Å². The Morgan fingerprint density at radius 3 is 2.50 bits per heavy atom. The molecule has 1 fully saturated rings. The Bertz CT molecular complexity index is 333. The zero-order chi connectivity index (χ0) is 11.5. The van der Waals surface area contributed by atoms with Gasteiger partial charge < -0.3 is 5.32 Å². The number of nitrogens with one attached hydrogen (secondary N) is 1. The van der Waals surface area contributed by atoms with E-state index in [0.717, 1.165) is 10.4 Å². The molecule has 0 radical (unpaired) electrons. The first kappa shape index (κ1) is 12.1. The van der Waals surface area contributed by atoms with Crippen molar-refractivity contribution < 1.29 is 0 Å². The Balaban J connectivity index is 1.92. The standard InChI is InChI=1S/C14H20BrN/c1-10-3-8-14(9-10)16-11(2)12-4-6-13(15)7-5-12/h4-7,10-11,14,16H,3,8-9H2,1-2H3/t10?,11-,14?/m1/s1. The summed E-state index contributed by atoms with van der Waals surface area (Å²) in [6, 6.07) is 9.80. The van der Waals surface area contributed by atoms with Crippen LogP contribution in [0.25, 0.3) is 0 Å². The quantitative estimate of drug-likeness (QED) is 0.872. The molecule has 2 rings (SSSR count). The molecule has 2 heteroatoms. The van der Waals surface area contributed by atoms with E-state index in [1.54, 1.807) is 0 Å². The number of halogens is 1. The molecule has 1 aromatic rings. The van der Waals surface area contributed by atoms with Gasteiger partial charge in [0.1, 0.15) is 0 Å². The number of hydrogen-bond donors (Lipinski definition) is 1. The molecule has 16 heavy (non-hydrogen) atoms. The van der Waals surface area contributed by atoms with Gasteiger partial charge in [-0.1, -0.05) is 35.0 Å². The molecule has 1 saturated carbocycles. The van der Waals surface area contributed by atoms with Crippen LogP contribution in [-0.4, -0.2) is 6.04 Å². The van der Waals surface area contributed by atoms with E-state index in [4.69, 9.17) is 0 Å². The number of rotatable bonds is 3. The second-order valence-electron chi connectivity index (χ2n) is 5.06. The summed E-state index contributed by atoms with van der Waals surface area (Å²) >= 11 is 3.47. The van der Waals surface area contributed by atoms with Crippen molar-refractivity contribution in [1.29, 1.82) is 0 Å². The average Bonchev–Trinajstić information content (AvgIpc) is 2.65. The maximum absolute atomic E-state index is 3.73. The molecule has 1 aliphatic carbocycles. The summed E-state index contributed by atoms with van der Waals surface area (Å²) in [5.41, 5.74) is 1.38.